The van der Waals surface area contributed by atoms with Gasteiger partial charge in [-0.05, 0) is 25.2 Å². The van der Waals surface area contributed by atoms with E-state index >= 15 is 0 Å². The second-order valence-corrected chi connectivity index (χ2v) is 7.72. The number of hydrogen-bond acceptors (Lipinski definition) is 3. The maximum Gasteiger partial charge on any atom is 0.185 e. The standard InChI is InChI=1S/C6H12N4OSi/c1-12(2,3)11-6(4-7)5-9-10-8/h6H,5H2,1-3H3. The molecule has 0 N–H and O–H groups in total. The van der Waals surface area contributed by atoms with Gasteiger partial charge in [0.1, 0.15) is 6.10 Å². The van der Waals surface area contributed by atoms with Gasteiger partial charge in [-0.15, -0.1) is 0 Å². The molecule has 0 aromatic rings. The zero-order valence-electron chi connectivity index (χ0n) is 7.48. The fourth-order valence-electron chi connectivity index (χ4n) is 0.642. The van der Waals surface area contributed by atoms with Crippen LogP contribution in [0.4, 0.5) is 0 Å². The topological polar surface area (TPSA) is 81.8 Å². The number of rotatable bonds is 4. The Morgan fingerprint density at radius 1 is 1.67 bits per heavy atom. The SMILES string of the molecule is C[Si](C)(C)OC(C#N)CN=[N+]=[N-]. The average molecular weight is 184 g/mol. The van der Waals surface area contributed by atoms with E-state index in [0.717, 1.165) is 0 Å². The highest BCUT2D eigenvalue weighted by atomic mass is 28.4. The van der Waals surface area contributed by atoms with Gasteiger partial charge in [-0.25, -0.2) is 0 Å². The highest BCUT2D eigenvalue weighted by Gasteiger charge is 2.19. The molecule has 0 aromatic carbocycles. The van der Waals surface area contributed by atoms with Crippen molar-refractivity contribution in [1.29, 1.82) is 5.26 Å². The first kappa shape index (κ1) is 11.0. The van der Waals surface area contributed by atoms with Crippen molar-refractivity contribution < 1.29 is 4.43 Å². The van der Waals surface area contributed by atoms with E-state index in [0.29, 0.717) is 0 Å². The van der Waals surface area contributed by atoms with Crippen molar-refractivity contribution in [3.8, 4) is 6.07 Å². The molecule has 6 heteroatoms. The highest BCUT2D eigenvalue weighted by molar-refractivity contribution is 6.69. The molecular weight excluding hydrogens is 172 g/mol. The van der Waals surface area contributed by atoms with Gasteiger partial charge in [0.15, 0.2) is 8.32 Å². The first-order valence-electron chi connectivity index (χ1n) is 3.58. The molecule has 1 unspecified atom stereocenters. The molecule has 0 aliphatic heterocycles. The molecule has 0 saturated carbocycles. The van der Waals surface area contributed by atoms with Gasteiger partial charge >= 0.3 is 0 Å². The first-order chi connectivity index (χ1) is 5.49. The molecule has 0 bridgehead atoms. The van der Waals surface area contributed by atoms with Crippen molar-refractivity contribution in [3.63, 3.8) is 0 Å². The van der Waals surface area contributed by atoms with Gasteiger partial charge < -0.3 is 4.43 Å². The van der Waals surface area contributed by atoms with Crippen molar-refractivity contribution >= 4 is 8.32 Å². The average Bonchev–Trinajstić information content (AvgIpc) is 1.95. The summed E-state index contributed by atoms with van der Waals surface area (Å²) in [6.45, 7) is 6.03. The van der Waals surface area contributed by atoms with Crippen LogP contribution < -0.4 is 0 Å². The Morgan fingerprint density at radius 2 is 2.25 bits per heavy atom. The van der Waals surface area contributed by atoms with Gasteiger partial charge in [-0.2, -0.15) is 5.26 Å². The molecule has 0 saturated heterocycles. The Morgan fingerprint density at radius 3 is 2.58 bits per heavy atom. The lowest BCUT2D eigenvalue weighted by molar-refractivity contribution is 0.257. The van der Waals surface area contributed by atoms with Crippen LogP contribution in [0.2, 0.25) is 19.6 Å². The lowest BCUT2D eigenvalue weighted by Gasteiger charge is -2.19. The summed E-state index contributed by atoms with van der Waals surface area (Å²) in [5.41, 5.74) is 8.01. The van der Waals surface area contributed by atoms with Crippen LogP contribution in [-0.2, 0) is 4.43 Å². The molecule has 66 valence electrons. The summed E-state index contributed by atoms with van der Waals surface area (Å²) in [4.78, 5) is 2.56. The number of hydrogen-bond donors (Lipinski definition) is 0. The van der Waals surface area contributed by atoms with Gasteiger partial charge in [-0.1, -0.05) is 5.11 Å². The predicted octanol–water partition coefficient (Wildman–Crippen LogP) is 2.04. The quantitative estimate of drug-likeness (QED) is 0.290. The van der Waals surface area contributed by atoms with Crippen LogP contribution in [0.15, 0.2) is 5.11 Å². The van der Waals surface area contributed by atoms with Gasteiger partial charge in [-0.3, -0.25) is 0 Å². The van der Waals surface area contributed by atoms with Crippen LogP contribution in [0, 0.1) is 11.3 Å². The fourth-order valence-corrected chi connectivity index (χ4v) is 1.62. The summed E-state index contributed by atoms with van der Waals surface area (Å²) in [6.07, 6.45) is -0.590. The smallest absolute Gasteiger partial charge is 0.185 e. The zero-order chi connectivity index (χ0) is 9.61. The summed E-state index contributed by atoms with van der Waals surface area (Å²) in [5, 5.41) is 11.9. The van der Waals surface area contributed by atoms with E-state index in [4.69, 9.17) is 15.2 Å². The molecule has 0 heterocycles. The maximum atomic E-state index is 8.58. The molecule has 0 radical (unpaired) electrons. The molecule has 0 amide bonds. The van der Waals surface area contributed by atoms with Crippen molar-refractivity contribution in [3.05, 3.63) is 10.4 Å². The minimum absolute atomic E-state index is 0.0945. The predicted molar refractivity (Wildman–Crippen MR) is 47.8 cm³/mol. The van der Waals surface area contributed by atoms with Gasteiger partial charge in [0.05, 0.1) is 12.6 Å². The van der Waals surface area contributed by atoms with Crippen molar-refractivity contribution in [2.24, 2.45) is 5.11 Å². The first-order valence-corrected chi connectivity index (χ1v) is 6.98. The van der Waals surface area contributed by atoms with Crippen LogP contribution in [0.3, 0.4) is 0 Å². The van der Waals surface area contributed by atoms with Crippen LogP contribution in [0.1, 0.15) is 0 Å². The lowest BCUT2D eigenvalue weighted by atomic mass is 10.4. The van der Waals surface area contributed by atoms with E-state index < -0.39 is 14.4 Å². The van der Waals surface area contributed by atoms with Crippen LogP contribution in [0.25, 0.3) is 10.4 Å². The summed E-state index contributed by atoms with van der Waals surface area (Å²) < 4.78 is 5.40. The highest BCUT2D eigenvalue weighted by Crippen LogP contribution is 2.06. The molecule has 5 nitrogen and oxygen atoms in total. The Bertz CT molecular complexity index is 223. The Hall–Kier alpha value is -1.02. The van der Waals surface area contributed by atoms with E-state index in [1.165, 1.54) is 0 Å². The van der Waals surface area contributed by atoms with E-state index in [1.807, 2.05) is 25.7 Å². The van der Waals surface area contributed by atoms with E-state index in [2.05, 4.69) is 10.0 Å². The number of nitriles is 1. The fraction of sp³-hybridized carbons (Fsp3) is 0.833. The van der Waals surface area contributed by atoms with Crippen molar-refractivity contribution in [2.45, 2.75) is 25.7 Å². The van der Waals surface area contributed by atoms with Crippen LogP contribution in [0.5, 0.6) is 0 Å². The summed E-state index contributed by atoms with van der Waals surface area (Å²) in [6, 6.07) is 1.94. The minimum Gasteiger partial charge on any atom is -0.402 e. The second-order valence-electron chi connectivity index (χ2n) is 3.26. The van der Waals surface area contributed by atoms with E-state index in [1.54, 1.807) is 0 Å². The monoisotopic (exact) mass is 184 g/mol. The van der Waals surface area contributed by atoms with Crippen molar-refractivity contribution in [2.75, 3.05) is 6.54 Å². The molecule has 0 aliphatic carbocycles. The molecule has 1 atom stereocenters. The molecular formula is C6H12N4OSi. The van der Waals surface area contributed by atoms with Crippen LogP contribution in [-0.4, -0.2) is 21.0 Å². The second kappa shape index (κ2) is 4.77. The number of azide groups is 1. The largest absolute Gasteiger partial charge is 0.402 e. The van der Waals surface area contributed by atoms with Gasteiger partial charge in [0.25, 0.3) is 0 Å². The Labute approximate surface area is 72.7 Å². The minimum atomic E-state index is -1.70. The Balaban J connectivity index is 4.02. The third-order valence-corrected chi connectivity index (χ3v) is 1.94. The van der Waals surface area contributed by atoms with Gasteiger partial charge in [0.2, 0.25) is 0 Å². The van der Waals surface area contributed by atoms with E-state index in [9.17, 15) is 0 Å². The molecule has 12 heavy (non-hydrogen) atoms. The third-order valence-electron chi connectivity index (χ3n) is 0.951. The molecule has 0 aromatic heterocycles. The Kier molecular flexibility index (Phi) is 4.37. The molecule has 0 aliphatic rings. The number of nitrogens with zero attached hydrogens (tertiary/aromatic N) is 4. The van der Waals surface area contributed by atoms with Crippen LogP contribution >= 0.6 is 0 Å². The molecule has 0 rings (SSSR count). The van der Waals surface area contributed by atoms with E-state index in [-0.39, 0.29) is 6.54 Å². The summed E-state index contributed by atoms with van der Waals surface area (Å²) in [7, 11) is -1.70. The molecule has 0 fully saturated rings. The molecule has 0 spiro atoms. The van der Waals surface area contributed by atoms with Gasteiger partial charge in [0, 0.05) is 4.91 Å². The summed E-state index contributed by atoms with van der Waals surface area (Å²) >= 11 is 0. The normalized spacial score (nSPS) is 12.8. The van der Waals surface area contributed by atoms with Crippen molar-refractivity contribution in [1.82, 2.24) is 0 Å². The zero-order valence-corrected chi connectivity index (χ0v) is 8.48. The maximum absolute atomic E-state index is 8.58. The lowest BCUT2D eigenvalue weighted by Crippen LogP contribution is -2.32. The summed E-state index contributed by atoms with van der Waals surface area (Å²) in [5.74, 6) is 0. The third kappa shape index (κ3) is 5.74.